The monoisotopic (exact) mass is 637 g/mol. The number of halogens is 3. The van der Waals surface area contributed by atoms with Gasteiger partial charge in [-0.05, 0) is 48.5 Å². The minimum Gasteiger partial charge on any atom is -0.497 e. The van der Waals surface area contributed by atoms with Gasteiger partial charge in [0.05, 0.1) is 58.9 Å². The van der Waals surface area contributed by atoms with Crippen molar-refractivity contribution in [2.45, 2.75) is 24.0 Å². The molecule has 0 saturated heterocycles. The fourth-order valence-corrected chi connectivity index (χ4v) is 5.35. The van der Waals surface area contributed by atoms with E-state index >= 15 is 0 Å². The number of rotatable bonds is 9. The van der Waals surface area contributed by atoms with Crippen LogP contribution in [0, 0.1) is 0 Å². The average molecular weight is 638 g/mol. The van der Waals surface area contributed by atoms with Gasteiger partial charge in [-0.3, -0.25) is 15.0 Å². The molecule has 0 amide bonds. The maximum absolute atomic E-state index is 12.7. The van der Waals surface area contributed by atoms with E-state index in [1.54, 1.807) is 49.8 Å². The molecular formula is C32H30F3N5O4S. The molecule has 1 aromatic carbocycles. The van der Waals surface area contributed by atoms with Crippen LogP contribution in [0.15, 0.2) is 102 Å². The van der Waals surface area contributed by atoms with Crippen molar-refractivity contribution in [2.24, 2.45) is 5.73 Å². The summed E-state index contributed by atoms with van der Waals surface area (Å²) >= 11 is 0. The van der Waals surface area contributed by atoms with Crippen molar-refractivity contribution in [3.05, 3.63) is 114 Å². The van der Waals surface area contributed by atoms with Crippen molar-refractivity contribution in [1.29, 1.82) is 0 Å². The summed E-state index contributed by atoms with van der Waals surface area (Å²) in [4.78, 5) is 17.1. The van der Waals surface area contributed by atoms with Crippen LogP contribution in [-0.2, 0) is 29.0 Å². The van der Waals surface area contributed by atoms with Crippen molar-refractivity contribution >= 4 is 9.84 Å². The predicted octanol–water partition coefficient (Wildman–Crippen LogP) is 5.80. The zero-order valence-electron chi connectivity index (χ0n) is 24.4. The lowest BCUT2D eigenvalue weighted by molar-refractivity contribution is -0.137. The fraction of sp³-hybridized carbons (Fsp3) is 0.188. The van der Waals surface area contributed by atoms with Crippen LogP contribution in [0.4, 0.5) is 13.2 Å². The van der Waals surface area contributed by atoms with E-state index in [4.69, 9.17) is 15.2 Å². The molecule has 0 spiro atoms. The third-order valence-electron chi connectivity index (χ3n) is 6.41. The topological polar surface area (TPSA) is 130 Å². The molecule has 45 heavy (non-hydrogen) atoms. The number of nitrogens with two attached hydrogens (primary N) is 1. The fourth-order valence-electron chi connectivity index (χ4n) is 4.09. The van der Waals surface area contributed by atoms with E-state index in [2.05, 4.69) is 19.9 Å². The van der Waals surface area contributed by atoms with Gasteiger partial charge in [-0.15, -0.1) is 0 Å². The first-order valence-corrected chi connectivity index (χ1v) is 15.2. The zero-order valence-corrected chi connectivity index (χ0v) is 25.2. The minimum atomic E-state index is -4.52. The Morgan fingerprint density at radius 2 is 1.22 bits per heavy atom. The predicted molar refractivity (Wildman–Crippen MR) is 163 cm³/mol. The number of aryl methyl sites for hydroxylation is 1. The molecule has 5 aromatic rings. The van der Waals surface area contributed by atoms with Crippen LogP contribution in [0.3, 0.4) is 0 Å². The first-order chi connectivity index (χ1) is 21.5. The van der Waals surface area contributed by atoms with Crippen LogP contribution < -0.4 is 15.2 Å². The summed E-state index contributed by atoms with van der Waals surface area (Å²) in [7, 11) is -0.672. The van der Waals surface area contributed by atoms with Crippen molar-refractivity contribution < 1.29 is 31.1 Å². The van der Waals surface area contributed by atoms with Gasteiger partial charge < -0.3 is 15.2 Å². The molecule has 0 saturated carbocycles. The summed E-state index contributed by atoms with van der Waals surface area (Å²) < 4.78 is 73.5. The number of benzene rings is 1. The van der Waals surface area contributed by atoms with E-state index in [1.807, 2.05) is 30.3 Å². The summed E-state index contributed by atoms with van der Waals surface area (Å²) in [5.41, 5.74) is 8.69. The molecule has 0 radical (unpaired) electrons. The third-order valence-corrected chi connectivity index (χ3v) is 8.14. The SMILES string of the molecule is COc1cc(CCS(=O)(=O)c2ccc(C(F)(F)F)cc2)nc(-c2ccccn2)c1.COc1cc(CN)nc(-c2ccccn2)c1. The molecule has 0 aliphatic heterocycles. The van der Waals surface area contributed by atoms with Crippen LogP contribution in [0.1, 0.15) is 17.0 Å². The van der Waals surface area contributed by atoms with Gasteiger partial charge in [-0.2, -0.15) is 13.2 Å². The number of methoxy groups -OCH3 is 2. The van der Waals surface area contributed by atoms with Gasteiger partial charge in [0.25, 0.3) is 0 Å². The lowest BCUT2D eigenvalue weighted by Gasteiger charge is -2.10. The lowest BCUT2D eigenvalue weighted by atomic mass is 10.2. The number of aromatic nitrogens is 4. The lowest BCUT2D eigenvalue weighted by Crippen LogP contribution is -2.11. The smallest absolute Gasteiger partial charge is 0.416 e. The van der Waals surface area contributed by atoms with E-state index in [-0.39, 0.29) is 17.1 Å². The Kier molecular flexibility index (Phi) is 10.8. The summed E-state index contributed by atoms with van der Waals surface area (Å²) in [5.74, 6) is 0.943. The Labute approximate surface area is 258 Å². The highest BCUT2D eigenvalue weighted by molar-refractivity contribution is 7.91. The van der Waals surface area contributed by atoms with Gasteiger partial charge in [-0.1, -0.05) is 12.1 Å². The molecule has 2 N–H and O–H groups in total. The van der Waals surface area contributed by atoms with Gasteiger partial charge in [-0.25, -0.2) is 13.4 Å². The van der Waals surface area contributed by atoms with Crippen LogP contribution in [-0.4, -0.2) is 48.3 Å². The van der Waals surface area contributed by atoms with E-state index in [9.17, 15) is 21.6 Å². The molecule has 5 rings (SSSR count). The van der Waals surface area contributed by atoms with Crippen molar-refractivity contribution in [3.8, 4) is 34.3 Å². The number of alkyl halides is 3. The molecule has 0 unspecified atom stereocenters. The second-order valence-corrected chi connectivity index (χ2v) is 11.6. The molecule has 9 nitrogen and oxygen atoms in total. The number of hydrogen-bond acceptors (Lipinski definition) is 9. The maximum atomic E-state index is 12.7. The Hall–Kier alpha value is -4.88. The van der Waals surface area contributed by atoms with Crippen molar-refractivity contribution in [2.75, 3.05) is 20.0 Å². The molecule has 0 aliphatic carbocycles. The number of nitrogens with zero attached hydrogens (tertiary/aromatic N) is 4. The molecule has 13 heteroatoms. The maximum Gasteiger partial charge on any atom is 0.416 e. The van der Waals surface area contributed by atoms with E-state index < -0.39 is 21.6 Å². The van der Waals surface area contributed by atoms with Crippen LogP contribution >= 0.6 is 0 Å². The highest BCUT2D eigenvalue weighted by atomic mass is 32.2. The number of ether oxygens (including phenoxy) is 2. The van der Waals surface area contributed by atoms with Crippen LogP contribution in [0.5, 0.6) is 11.5 Å². The van der Waals surface area contributed by atoms with Gasteiger partial charge in [0, 0.05) is 55.3 Å². The average Bonchev–Trinajstić information content (AvgIpc) is 3.07. The molecule has 0 fully saturated rings. The first-order valence-electron chi connectivity index (χ1n) is 13.5. The standard InChI is InChI=1S/C20H17F3N2O3S.C12H13N3O/c1-28-16-12-15(25-19(13-16)18-4-2-3-10-24-18)9-11-29(26,27)17-7-5-14(6-8-17)20(21,22)23;1-16-10-6-9(8-13)15-12(7-10)11-4-2-3-5-14-11/h2-8,10,12-13H,9,11H2,1H3;2-7H,8,13H2,1H3. The Morgan fingerprint density at radius 1 is 0.711 bits per heavy atom. The molecule has 234 valence electrons. The number of sulfone groups is 1. The Balaban J connectivity index is 0.000000242. The molecule has 4 aromatic heterocycles. The van der Waals surface area contributed by atoms with Crippen molar-refractivity contribution in [1.82, 2.24) is 19.9 Å². The van der Waals surface area contributed by atoms with Crippen LogP contribution in [0.2, 0.25) is 0 Å². The quantitative estimate of drug-likeness (QED) is 0.213. The molecule has 4 heterocycles. The molecular weight excluding hydrogens is 607 g/mol. The van der Waals surface area contributed by atoms with E-state index in [0.29, 0.717) is 29.4 Å². The van der Waals surface area contributed by atoms with Crippen LogP contribution in [0.25, 0.3) is 22.8 Å². The Bertz CT molecular complexity index is 1790. The molecule has 0 bridgehead atoms. The summed E-state index contributed by atoms with van der Waals surface area (Å²) in [6, 6.07) is 21.5. The van der Waals surface area contributed by atoms with E-state index in [1.165, 1.54) is 7.11 Å². The molecule has 0 atom stereocenters. The first kappa shape index (κ1) is 33.0. The van der Waals surface area contributed by atoms with Gasteiger partial charge in [0.2, 0.25) is 0 Å². The number of pyridine rings is 4. The highest BCUT2D eigenvalue weighted by Crippen LogP contribution is 2.30. The largest absolute Gasteiger partial charge is 0.497 e. The van der Waals surface area contributed by atoms with Gasteiger partial charge in [0.1, 0.15) is 11.5 Å². The summed E-state index contributed by atoms with van der Waals surface area (Å²) in [6.07, 6.45) is -1.10. The third kappa shape index (κ3) is 9.06. The van der Waals surface area contributed by atoms with Gasteiger partial charge in [0.15, 0.2) is 9.84 Å². The summed E-state index contributed by atoms with van der Waals surface area (Å²) in [5, 5.41) is 0. The highest BCUT2D eigenvalue weighted by Gasteiger charge is 2.30. The van der Waals surface area contributed by atoms with E-state index in [0.717, 1.165) is 47.1 Å². The summed E-state index contributed by atoms with van der Waals surface area (Å²) in [6.45, 7) is 0.386. The van der Waals surface area contributed by atoms with Gasteiger partial charge >= 0.3 is 6.18 Å². The Morgan fingerprint density at radius 3 is 1.67 bits per heavy atom. The second-order valence-electron chi connectivity index (χ2n) is 9.49. The zero-order chi connectivity index (χ0) is 32.5. The minimum absolute atomic E-state index is 0.0698. The number of hydrogen-bond donors (Lipinski definition) is 1. The normalized spacial score (nSPS) is 11.3. The second kappa shape index (κ2) is 14.7. The molecule has 0 aliphatic rings. The van der Waals surface area contributed by atoms with Crippen molar-refractivity contribution in [3.63, 3.8) is 0 Å².